The minimum atomic E-state index is -5.17. The molecule has 0 saturated heterocycles. The summed E-state index contributed by atoms with van der Waals surface area (Å²) in [6.45, 7) is 0. The molecule has 2 aromatic heterocycles. The van der Waals surface area contributed by atoms with Gasteiger partial charge < -0.3 is 9.13 Å². The Morgan fingerprint density at radius 1 is 0.324 bits per heavy atom. The second-order valence-electron chi connectivity index (χ2n) is 17.1. The Morgan fingerprint density at radius 3 is 1.08 bits per heavy atom. The third-order valence-electron chi connectivity index (χ3n) is 12.6. The second-order valence-corrected chi connectivity index (χ2v) is 17.1. The van der Waals surface area contributed by atoms with E-state index in [4.69, 9.17) is 0 Å². The molecule has 0 atom stereocenters. The van der Waals surface area contributed by atoms with E-state index in [1.807, 2.05) is 0 Å². The van der Waals surface area contributed by atoms with Crippen LogP contribution in [-0.4, -0.2) is 9.13 Å². The van der Waals surface area contributed by atoms with Crippen LogP contribution in [-0.2, 0) is 30.9 Å². The van der Waals surface area contributed by atoms with Crippen LogP contribution in [0.4, 0.5) is 65.9 Å². The van der Waals surface area contributed by atoms with Crippen LogP contribution >= 0.6 is 0 Å². The van der Waals surface area contributed by atoms with Gasteiger partial charge in [0.25, 0.3) is 0 Å². The van der Waals surface area contributed by atoms with Gasteiger partial charge in [0.2, 0.25) is 0 Å². The number of halogens is 15. The maximum absolute atomic E-state index is 15.1. The highest BCUT2D eigenvalue weighted by Gasteiger charge is 2.39. The van der Waals surface area contributed by atoms with Crippen molar-refractivity contribution in [3.63, 3.8) is 0 Å². The van der Waals surface area contributed by atoms with E-state index < -0.39 is 75.4 Å². The Morgan fingerprint density at radius 2 is 0.716 bits per heavy atom. The first-order chi connectivity index (χ1) is 34.7. The molecule has 0 spiro atoms. The van der Waals surface area contributed by atoms with E-state index in [9.17, 15) is 63.2 Å². The summed E-state index contributed by atoms with van der Waals surface area (Å²) in [6.07, 6.45) is -25.8. The van der Waals surface area contributed by atoms with Gasteiger partial charge in [-0.15, -0.1) is 0 Å². The van der Waals surface area contributed by atoms with Crippen molar-refractivity contribution in [2.45, 2.75) is 30.9 Å². The SMILES string of the molecule is N#Cc1ccc(-c2cc(-n3c4ccccc4c4cc(-c5cc(C(F)(F)F)cc(C(F)(F)F)c5)ccc43)c(C#N)c(-n3c4ccccc4c4cc(-c5cc(C(F)(F)F)cc(C(F)(F)F)c5)ccc43)c2)c(C(F)(F)F)c1. The lowest BCUT2D eigenvalue weighted by Crippen LogP contribution is -2.11. The number of nitrogens with zero attached hydrogens (tertiary/aromatic N) is 4. The van der Waals surface area contributed by atoms with Gasteiger partial charge in [0.15, 0.2) is 0 Å². The molecule has 0 aliphatic heterocycles. The summed E-state index contributed by atoms with van der Waals surface area (Å²) in [5.74, 6) is 0. The van der Waals surface area contributed by atoms with Crippen LogP contribution in [0.5, 0.6) is 0 Å². The highest BCUT2D eigenvalue weighted by Crippen LogP contribution is 2.46. The number of hydrogen-bond acceptors (Lipinski definition) is 2. The summed E-state index contributed by atoms with van der Waals surface area (Å²) in [4.78, 5) is 0. The van der Waals surface area contributed by atoms with Gasteiger partial charge in [0.05, 0.1) is 72.9 Å². The lowest BCUT2D eigenvalue weighted by molar-refractivity contribution is -0.144. The Labute approximate surface area is 406 Å². The number of alkyl halides is 15. The molecule has 0 bridgehead atoms. The Bertz CT molecular complexity index is 3760. The van der Waals surface area contributed by atoms with Crippen LogP contribution in [0.15, 0.2) is 152 Å². The summed E-state index contributed by atoms with van der Waals surface area (Å²) < 4.78 is 216. The van der Waals surface area contributed by atoms with Gasteiger partial charge in [0.1, 0.15) is 11.6 Å². The van der Waals surface area contributed by atoms with Crippen molar-refractivity contribution in [1.29, 1.82) is 10.5 Å². The molecule has 370 valence electrons. The largest absolute Gasteiger partial charge is 0.417 e. The zero-order valence-electron chi connectivity index (χ0n) is 36.9. The average Bonchev–Trinajstić information content (AvgIpc) is 3.86. The molecule has 10 aromatic rings. The van der Waals surface area contributed by atoms with Crippen LogP contribution in [0.2, 0.25) is 0 Å². The van der Waals surface area contributed by atoms with E-state index in [-0.39, 0.29) is 84.2 Å². The molecule has 0 radical (unpaired) electrons. The van der Waals surface area contributed by atoms with Crippen LogP contribution < -0.4 is 0 Å². The van der Waals surface area contributed by atoms with Crippen LogP contribution in [0, 0.1) is 22.7 Å². The number of nitriles is 2. The molecule has 0 unspecified atom stereocenters. The van der Waals surface area contributed by atoms with Gasteiger partial charge in [-0.2, -0.15) is 76.4 Å². The molecule has 0 amide bonds. The Balaban J connectivity index is 1.29. The maximum Gasteiger partial charge on any atom is 0.417 e. The number of para-hydroxylation sites is 2. The molecule has 74 heavy (non-hydrogen) atoms. The fraction of sp³-hybridized carbons (Fsp3) is 0.0909. The topological polar surface area (TPSA) is 57.4 Å². The Hall–Kier alpha value is -8.71. The van der Waals surface area contributed by atoms with Gasteiger partial charge in [0, 0.05) is 21.5 Å². The molecule has 8 aromatic carbocycles. The molecule has 19 heteroatoms. The van der Waals surface area contributed by atoms with Crippen molar-refractivity contribution >= 4 is 43.6 Å². The smallest absolute Gasteiger partial charge is 0.308 e. The quantitative estimate of drug-likeness (QED) is 0.161. The molecule has 2 heterocycles. The van der Waals surface area contributed by atoms with Gasteiger partial charge >= 0.3 is 30.9 Å². The fourth-order valence-corrected chi connectivity index (χ4v) is 9.40. The van der Waals surface area contributed by atoms with Gasteiger partial charge in [-0.1, -0.05) is 54.6 Å². The van der Waals surface area contributed by atoms with Crippen molar-refractivity contribution in [3.05, 3.63) is 191 Å². The lowest BCUT2D eigenvalue weighted by Gasteiger charge is -2.20. The van der Waals surface area contributed by atoms with Crippen molar-refractivity contribution < 1.29 is 65.9 Å². The van der Waals surface area contributed by atoms with E-state index in [1.54, 1.807) is 54.6 Å². The summed E-state index contributed by atoms with van der Waals surface area (Å²) in [6, 6.07) is 32.0. The van der Waals surface area contributed by atoms with Gasteiger partial charge in [-0.05, 0) is 130 Å². The predicted octanol–water partition coefficient (Wildman–Crippen LogP) is 17.7. The number of aromatic nitrogens is 2. The standard InChI is InChI=1S/C55H25F15N4/c56-51(57,58)34-16-31(17-35(24-34)52(59,60)61)29-10-13-47-41(20-29)39-5-1-3-7-45(39)73(47)49-22-33(38-12-9-28(26-71)15-44(38)55(68,69)70)23-50(43(49)27-72)74-46-8-4-2-6-40(46)42-21-30(11-14-48(42)74)32-18-36(53(62,63)64)25-37(19-32)54(65,66)67/h1-25H. The first-order valence-corrected chi connectivity index (χ1v) is 21.6. The molecular formula is C55H25F15N4. The summed E-state index contributed by atoms with van der Waals surface area (Å²) in [7, 11) is 0. The minimum absolute atomic E-state index is 0.0144. The second kappa shape index (κ2) is 16.9. The van der Waals surface area contributed by atoms with E-state index in [0.29, 0.717) is 41.1 Å². The summed E-state index contributed by atoms with van der Waals surface area (Å²) >= 11 is 0. The van der Waals surface area contributed by atoms with Gasteiger partial charge in [-0.25, -0.2) is 0 Å². The highest BCUT2D eigenvalue weighted by atomic mass is 19.4. The molecule has 0 aliphatic rings. The molecule has 0 fully saturated rings. The number of benzene rings is 8. The predicted molar refractivity (Wildman–Crippen MR) is 246 cm³/mol. The average molecular weight is 1030 g/mol. The maximum atomic E-state index is 15.1. The van der Waals surface area contributed by atoms with Crippen molar-refractivity contribution in [2.75, 3.05) is 0 Å². The number of rotatable bonds is 5. The highest BCUT2D eigenvalue weighted by molar-refractivity contribution is 6.12. The molecule has 0 N–H and O–H groups in total. The third kappa shape index (κ3) is 8.47. The fourth-order valence-electron chi connectivity index (χ4n) is 9.40. The summed E-state index contributed by atoms with van der Waals surface area (Å²) in [5, 5.41) is 22.1. The van der Waals surface area contributed by atoms with Crippen molar-refractivity contribution in [1.82, 2.24) is 9.13 Å². The molecule has 4 nitrogen and oxygen atoms in total. The zero-order chi connectivity index (χ0) is 53.0. The monoisotopic (exact) mass is 1030 g/mol. The van der Waals surface area contributed by atoms with E-state index >= 15 is 13.2 Å². The first kappa shape index (κ1) is 48.9. The van der Waals surface area contributed by atoms with Crippen LogP contribution in [0.1, 0.15) is 38.9 Å². The normalized spacial score (nSPS) is 12.8. The third-order valence-corrected chi connectivity index (χ3v) is 12.6. The number of hydrogen-bond donors (Lipinski definition) is 0. The Kier molecular flexibility index (Phi) is 11.2. The molecular weight excluding hydrogens is 1000 g/mol. The van der Waals surface area contributed by atoms with E-state index in [1.165, 1.54) is 57.7 Å². The lowest BCUT2D eigenvalue weighted by atomic mass is 9.94. The zero-order valence-corrected chi connectivity index (χ0v) is 36.9. The van der Waals surface area contributed by atoms with E-state index in [0.717, 1.165) is 12.1 Å². The van der Waals surface area contributed by atoms with E-state index in [2.05, 4.69) is 6.07 Å². The minimum Gasteiger partial charge on any atom is -0.308 e. The van der Waals surface area contributed by atoms with Gasteiger partial charge in [-0.3, -0.25) is 0 Å². The van der Waals surface area contributed by atoms with Crippen LogP contribution in [0.3, 0.4) is 0 Å². The molecule has 0 saturated carbocycles. The molecule has 0 aliphatic carbocycles. The molecule has 10 rings (SSSR count). The van der Waals surface area contributed by atoms with Crippen molar-refractivity contribution in [2.24, 2.45) is 0 Å². The van der Waals surface area contributed by atoms with Crippen molar-refractivity contribution in [3.8, 4) is 56.9 Å². The summed E-state index contributed by atoms with van der Waals surface area (Å²) in [5.41, 5.74) is -9.01. The number of fused-ring (bicyclic) bond motifs is 6. The first-order valence-electron chi connectivity index (χ1n) is 21.6. The van der Waals surface area contributed by atoms with Crippen LogP contribution in [0.25, 0.3) is 88.4 Å².